The van der Waals surface area contributed by atoms with Crippen molar-refractivity contribution in [2.45, 2.75) is 25.3 Å². The van der Waals surface area contributed by atoms with Crippen LogP contribution >= 0.6 is 0 Å². The fourth-order valence-corrected chi connectivity index (χ4v) is 4.15. The van der Waals surface area contributed by atoms with Gasteiger partial charge in [0.1, 0.15) is 0 Å². The van der Waals surface area contributed by atoms with Crippen molar-refractivity contribution >= 4 is 17.3 Å². The SMILES string of the molecule is Cc1ccc([N+](=O)[O-])c2c1N[C@H](c1ccc(C(=O)[O-])cc1)[C@@H]1CC=C[C@H]21. The monoisotopic (exact) mass is 349 g/mol. The van der Waals surface area contributed by atoms with Gasteiger partial charge in [0.2, 0.25) is 0 Å². The van der Waals surface area contributed by atoms with Crippen molar-refractivity contribution in [1.82, 2.24) is 0 Å². The maximum absolute atomic E-state index is 11.5. The van der Waals surface area contributed by atoms with Crippen molar-refractivity contribution in [2.24, 2.45) is 5.92 Å². The highest BCUT2D eigenvalue weighted by Crippen LogP contribution is 2.53. The Labute approximate surface area is 150 Å². The summed E-state index contributed by atoms with van der Waals surface area (Å²) < 4.78 is 0. The molecule has 2 aromatic carbocycles. The summed E-state index contributed by atoms with van der Waals surface area (Å²) in [6.45, 7) is 1.94. The number of hydrogen-bond acceptors (Lipinski definition) is 5. The van der Waals surface area contributed by atoms with Crippen molar-refractivity contribution in [3.63, 3.8) is 0 Å². The van der Waals surface area contributed by atoms with Crippen molar-refractivity contribution in [2.75, 3.05) is 5.32 Å². The van der Waals surface area contributed by atoms with Gasteiger partial charge in [-0.2, -0.15) is 0 Å². The lowest BCUT2D eigenvalue weighted by atomic mass is 9.75. The number of rotatable bonds is 3. The summed E-state index contributed by atoms with van der Waals surface area (Å²) in [5.74, 6) is -1.08. The van der Waals surface area contributed by atoms with Crippen molar-refractivity contribution in [3.05, 3.63) is 80.9 Å². The lowest BCUT2D eigenvalue weighted by Crippen LogP contribution is -2.30. The average Bonchev–Trinajstić information content (AvgIpc) is 3.11. The highest BCUT2D eigenvalue weighted by atomic mass is 16.6. The second-order valence-corrected chi connectivity index (χ2v) is 6.83. The minimum absolute atomic E-state index is 0.0302. The summed E-state index contributed by atoms with van der Waals surface area (Å²) in [5, 5.41) is 26.0. The molecule has 0 radical (unpaired) electrons. The van der Waals surface area contributed by atoms with Gasteiger partial charge in [-0.3, -0.25) is 10.1 Å². The van der Waals surface area contributed by atoms with E-state index in [1.54, 1.807) is 36.4 Å². The Morgan fingerprint density at radius 3 is 2.58 bits per heavy atom. The quantitative estimate of drug-likeness (QED) is 0.522. The molecule has 26 heavy (non-hydrogen) atoms. The van der Waals surface area contributed by atoms with Gasteiger partial charge in [0.15, 0.2) is 0 Å². The predicted molar refractivity (Wildman–Crippen MR) is 95.0 cm³/mol. The molecule has 1 N–H and O–H groups in total. The molecule has 3 atom stereocenters. The maximum Gasteiger partial charge on any atom is 0.275 e. The summed E-state index contributed by atoms with van der Waals surface area (Å²) in [4.78, 5) is 22.2. The lowest BCUT2D eigenvalue weighted by Gasteiger charge is -2.38. The first-order valence-electron chi connectivity index (χ1n) is 8.49. The zero-order chi connectivity index (χ0) is 18.4. The van der Waals surface area contributed by atoms with Crippen molar-refractivity contribution < 1.29 is 14.8 Å². The number of aromatic carboxylic acids is 1. The van der Waals surface area contributed by atoms with E-state index in [1.807, 2.05) is 6.92 Å². The normalized spacial score (nSPS) is 23.0. The van der Waals surface area contributed by atoms with E-state index in [9.17, 15) is 20.0 Å². The van der Waals surface area contributed by atoms with E-state index in [2.05, 4.69) is 17.5 Å². The average molecular weight is 349 g/mol. The van der Waals surface area contributed by atoms with E-state index in [-0.39, 0.29) is 34.1 Å². The number of aryl methyl sites for hydroxylation is 1. The van der Waals surface area contributed by atoms with Crippen LogP contribution in [0, 0.1) is 23.0 Å². The van der Waals surface area contributed by atoms with Crippen LogP contribution in [0.5, 0.6) is 0 Å². The van der Waals surface area contributed by atoms with E-state index >= 15 is 0 Å². The molecule has 0 saturated carbocycles. The summed E-state index contributed by atoms with van der Waals surface area (Å²) in [6, 6.07) is 9.96. The predicted octanol–water partition coefficient (Wildman–Crippen LogP) is 3.09. The molecule has 4 rings (SSSR count). The molecule has 0 saturated heterocycles. The Balaban J connectivity index is 1.81. The second kappa shape index (κ2) is 5.98. The fraction of sp³-hybridized carbons (Fsp3) is 0.250. The van der Waals surface area contributed by atoms with Gasteiger partial charge in [-0.25, -0.2) is 0 Å². The largest absolute Gasteiger partial charge is 0.545 e. The molecule has 0 bridgehead atoms. The van der Waals surface area contributed by atoms with Gasteiger partial charge in [-0.15, -0.1) is 0 Å². The number of hydrogen-bond donors (Lipinski definition) is 1. The van der Waals surface area contributed by atoms with Gasteiger partial charge in [0.25, 0.3) is 5.69 Å². The number of carbonyl (C=O) groups is 1. The van der Waals surface area contributed by atoms with E-state index in [4.69, 9.17) is 0 Å². The number of carboxylic acid groups (broad SMARTS) is 1. The topological polar surface area (TPSA) is 95.3 Å². The minimum atomic E-state index is -1.20. The number of nitro benzene ring substituents is 1. The van der Waals surface area contributed by atoms with E-state index in [0.29, 0.717) is 0 Å². The van der Waals surface area contributed by atoms with E-state index in [1.165, 1.54) is 0 Å². The molecule has 2 aromatic rings. The summed E-state index contributed by atoms with van der Waals surface area (Å²) >= 11 is 0. The van der Waals surface area contributed by atoms with Crippen LogP contribution in [0.1, 0.15) is 45.4 Å². The van der Waals surface area contributed by atoms with Crippen LogP contribution in [0.3, 0.4) is 0 Å². The highest BCUT2D eigenvalue weighted by molar-refractivity contribution is 5.85. The van der Waals surface area contributed by atoms with Gasteiger partial charge < -0.3 is 15.2 Å². The Morgan fingerprint density at radius 2 is 1.92 bits per heavy atom. The van der Waals surface area contributed by atoms with Crippen LogP contribution in [0.15, 0.2) is 48.6 Å². The lowest BCUT2D eigenvalue weighted by molar-refractivity contribution is -0.385. The molecular formula is C20H17N2O4-. The third kappa shape index (κ3) is 2.45. The molecule has 1 heterocycles. The van der Waals surface area contributed by atoms with Crippen LogP contribution < -0.4 is 10.4 Å². The molecule has 1 aliphatic carbocycles. The molecule has 132 valence electrons. The number of carboxylic acids is 1. The van der Waals surface area contributed by atoms with E-state index < -0.39 is 5.97 Å². The van der Waals surface area contributed by atoms with E-state index in [0.717, 1.165) is 28.8 Å². The third-order valence-electron chi connectivity index (χ3n) is 5.41. The van der Waals surface area contributed by atoms with Crippen LogP contribution in [-0.4, -0.2) is 10.9 Å². The van der Waals surface area contributed by atoms with Crippen molar-refractivity contribution in [3.8, 4) is 0 Å². The van der Waals surface area contributed by atoms with Crippen LogP contribution in [0.25, 0.3) is 0 Å². The number of fused-ring (bicyclic) bond motifs is 3. The first-order valence-corrected chi connectivity index (χ1v) is 8.49. The third-order valence-corrected chi connectivity index (χ3v) is 5.41. The zero-order valence-corrected chi connectivity index (χ0v) is 14.1. The van der Waals surface area contributed by atoms with Crippen LogP contribution in [0.2, 0.25) is 0 Å². The number of nitro groups is 1. The summed E-state index contributed by atoms with van der Waals surface area (Å²) in [6.07, 6.45) is 4.94. The fourth-order valence-electron chi connectivity index (χ4n) is 4.15. The maximum atomic E-state index is 11.5. The molecule has 0 fully saturated rings. The molecule has 1 aliphatic heterocycles. The number of nitrogens with zero attached hydrogens (tertiary/aromatic N) is 1. The molecule has 0 aromatic heterocycles. The first-order chi connectivity index (χ1) is 12.5. The van der Waals surface area contributed by atoms with Crippen LogP contribution in [-0.2, 0) is 0 Å². The Kier molecular flexibility index (Phi) is 3.76. The Hall–Kier alpha value is -3.15. The van der Waals surface area contributed by atoms with Gasteiger partial charge in [0.05, 0.1) is 22.5 Å². The number of allylic oxidation sites excluding steroid dienone is 2. The van der Waals surface area contributed by atoms with Gasteiger partial charge in [0, 0.05) is 17.7 Å². The molecule has 0 amide bonds. The van der Waals surface area contributed by atoms with Gasteiger partial charge in [-0.05, 0) is 36.0 Å². The summed E-state index contributed by atoms with van der Waals surface area (Å²) in [7, 11) is 0. The zero-order valence-electron chi connectivity index (χ0n) is 14.1. The number of carbonyl (C=O) groups excluding carboxylic acids is 1. The molecule has 0 unspecified atom stereocenters. The standard InChI is InChI=1S/C20H18N2O4/c1-11-5-10-16(22(25)26)17-14-3-2-4-15(14)19(21-18(11)17)12-6-8-13(9-7-12)20(23)24/h2-3,5-10,14-15,19,21H,4H2,1H3,(H,23,24)/p-1/t14-,15+,19+/m0/s1. The number of nitrogens with one attached hydrogen (secondary N) is 1. The van der Waals surface area contributed by atoms with Crippen molar-refractivity contribution in [1.29, 1.82) is 0 Å². The number of anilines is 1. The molecule has 0 spiro atoms. The Morgan fingerprint density at radius 1 is 1.19 bits per heavy atom. The van der Waals surface area contributed by atoms with Gasteiger partial charge in [-0.1, -0.05) is 42.5 Å². The highest BCUT2D eigenvalue weighted by Gasteiger charge is 2.42. The molecule has 6 nitrogen and oxygen atoms in total. The first kappa shape index (κ1) is 16.3. The molecular weight excluding hydrogens is 332 g/mol. The molecule has 2 aliphatic rings. The molecule has 6 heteroatoms. The summed E-state index contributed by atoms with van der Waals surface area (Å²) in [5.41, 5.74) is 3.76. The second-order valence-electron chi connectivity index (χ2n) is 6.83. The van der Waals surface area contributed by atoms with Crippen LogP contribution in [0.4, 0.5) is 11.4 Å². The Bertz CT molecular complexity index is 934. The smallest absolute Gasteiger partial charge is 0.275 e. The number of benzene rings is 2. The van der Waals surface area contributed by atoms with Gasteiger partial charge >= 0.3 is 0 Å². The minimum Gasteiger partial charge on any atom is -0.545 e.